The van der Waals surface area contributed by atoms with Crippen LogP contribution in [0.3, 0.4) is 0 Å². The quantitative estimate of drug-likeness (QED) is 0.510. The molecule has 0 aromatic heterocycles. The Morgan fingerprint density at radius 2 is 2.10 bits per heavy atom. The van der Waals surface area contributed by atoms with Gasteiger partial charge in [0.2, 0.25) is 0 Å². The highest BCUT2D eigenvalue weighted by Crippen LogP contribution is 1.98. The van der Waals surface area contributed by atoms with Gasteiger partial charge in [0.05, 0.1) is 6.04 Å². The molecule has 1 fully saturated rings. The maximum atomic E-state index is 5.29. The van der Waals surface area contributed by atoms with Gasteiger partial charge >= 0.3 is 0 Å². The predicted molar refractivity (Wildman–Crippen MR) is 42.7 cm³/mol. The summed E-state index contributed by atoms with van der Waals surface area (Å²) in [7, 11) is 0. The third kappa shape index (κ3) is 1.73. The van der Waals surface area contributed by atoms with E-state index in [0.717, 1.165) is 26.2 Å². The van der Waals surface area contributed by atoms with Gasteiger partial charge in [-0.1, -0.05) is 5.92 Å². The number of nitrogens with one attached hydrogen (secondary N) is 1. The molecule has 2 heteroatoms. The van der Waals surface area contributed by atoms with Crippen LogP contribution in [-0.4, -0.2) is 37.1 Å². The van der Waals surface area contributed by atoms with Gasteiger partial charge in [0, 0.05) is 26.2 Å². The van der Waals surface area contributed by atoms with Crippen molar-refractivity contribution in [2.45, 2.75) is 13.0 Å². The summed E-state index contributed by atoms with van der Waals surface area (Å²) in [6, 6.07) is 0.307. The summed E-state index contributed by atoms with van der Waals surface area (Å²) >= 11 is 0. The van der Waals surface area contributed by atoms with Gasteiger partial charge in [-0.05, 0) is 6.92 Å². The highest BCUT2D eigenvalue weighted by molar-refractivity contribution is 4.97. The lowest BCUT2D eigenvalue weighted by atomic mass is 10.2. The number of nitrogens with zero attached hydrogens (tertiary/aromatic N) is 1. The molecule has 1 N–H and O–H groups in total. The van der Waals surface area contributed by atoms with Crippen LogP contribution in [0.15, 0.2) is 0 Å². The van der Waals surface area contributed by atoms with Crippen molar-refractivity contribution in [1.82, 2.24) is 10.2 Å². The Hall–Kier alpha value is -0.520. The summed E-state index contributed by atoms with van der Waals surface area (Å²) in [6.45, 7) is 6.40. The normalized spacial score (nSPS) is 23.6. The largest absolute Gasteiger partial charge is 0.314 e. The van der Waals surface area contributed by atoms with Crippen molar-refractivity contribution in [3.63, 3.8) is 0 Å². The molecular formula is C8H14N2. The van der Waals surface area contributed by atoms with Gasteiger partial charge in [0.25, 0.3) is 0 Å². The van der Waals surface area contributed by atoms with E-state index in [9.17, 15) is 0 Å². The maximum Gasteiger partial charge on any atom is 0.0684 e. The van der Waals surface area contributed by atoms with E-state index in [2.05, 4.69) is 23.1 Å². The molecule has 0 aromatic carbocycles. The number of hydrogen-bond acceptors (Lipinski definition) is 2. The molecule has 2 nitrogen and oxygen atoms in total. The highest BCUT2D eigenvalue weighted by atomic mass is 15.2. The first-order chi connectivity index (χ1) is 4.84. The number of hydrogen-bond donors (Lipinski definition) is 1. The van der Waals surface area contributed by atoms with E-state index < -0.39 is 0 Å². The zero-order valence-electron chi connectivity index (χ0n) is 6.43. The molecule has 1 aliphatic heterocycles. The van der Waals surface area contributed by atoms with Crippen molar-refractivity contribution in [3.05, 3.63) is 0 Å². The zero-order chi connectivity index (χ0) is 7.40. The van der Waals surface area contributed by atoms with E-state index in [1.165, 1.54) is 0 Å². The molecule has 0 amide bonds. The van der Waals surface area contributed by atoms with Gasteiger partial charge in [-0.15, -0.1) is 6.42 Å². The van der Waals surface area contributed by atoms with Crippen LogP contribution in [0.5, 0.6) is 0 Å². The Kier molecular flexibility index (Phi) is 2.73. The van der Waals surface area contributed by atoms with Crippen molar-refractivity contribution in [3.8, 4) is 12.3 Å². The molecule has 1 saturated heterocycles. The van der Waals surface area contributed by atoms with Crippen molar-refractivity contribution in [2.75, 3.05) is 26.2 Å². The molecule has 0 aliphatic carbocycles. The lowest BCUT2D eigenvalue weighted by Crippen LogP contribution is -2.46. The fraction of sp³-hybridized carbons (Fsp3) is 0.750. The molecule has 0 saturated carbocycles. The van der Waals surface area contributed by atoms with Gasteiger partial charge in [-0.2, -0.15) is 0 Å². The van der Waals surface area contributed by atoms with Crippen LogP contribution in [0.25, 0.3) is 0 Å². The van der Waals surface area contributed by atoms with Crippen LogP contribution in [0.1, 0.15) is 6.92 Å². The molecule has 0 spiro atoms. The molecule has 56 valence electrons. The molecule has 0 radical (unpaired) electrons. The fourth-order valence-corrected chi connectivity index (χ4v) is 1.17. The Labute approximate surface area is 62.6 Å². The average Bonchev–Trinajstić information content (AvgIpc) is 2.05. The fourth-order valence-electron chi connectivity index (χ4n) is 1.17. The third-order valence-corrected chi connectivity index (χ3v) is 1.94. The second kappa shape index (κ2) is 3.60. The SMILES string of the molecule is C#CC(C)N1CCNCC1. The second-order valence-corrected chi connectivity index (χ2v) is 2.63. The maximum absolute atomic E-state index is 5.29. The molecule has 0 bridgehead atoms. The van der Waals surface area contributed by atoms with Gasteiger partial charge in [-0.3, -0.25) is 4.90 Å². The summed E-state index contributed by atoms with van der Waals surface area (Å²) in [5.41, 5.74) is 0. The molecule has 1 unspecified atom stereocenters. The minimum Gasteiger partial charge on any atom is -0.314 e. The number of piperazine rings is 1. The van der Waals surface area contributed by atoms with E-state index >= 15 is 0 Å². The Balaban J connectivity index is 2.33. The van der Waals surface area contributed by atoms with Crippen LogP contribution in [-0.2, 0) is 0 Å². The van der Waals surface area contributed by atoms with E-state index in [4.69, 9.17) is 6.42 Å². The van der Waals surface area contributed by atoms with Crippen LogP contribution >= 0.6 is 0 Å². The third-order valence-electron chi connectivity index (χ3n) is 1.94. The first-order valence-corrected chi connectivity index (χ1v) is 3.75. The molecule has 1 heterocycles. The summed E-state index contributed by atoms with van der Waals surface area (Å²) in [5.74, 6) is 2.73. The van der Waals surface area contributed by atoms with Crippen molar-refractivity contribution < 1.29 is 0 Å². The highest BCUT2D eigenvalue weighted by Gasteiger charge is 2.13. The lowest BCUT2D eigenvalue weighted by Gasteiger charge is -2.29. The second-order valence-electron chi connectivity index (χ2n) is 2.63. The van der Waals surface area contributed by atoms with Gasteiger partial charge in [0.15, 0.2) is 0 Å². The summed E-state index contributed by atoms with van der Waals surface area (Å²) in [5, 5.41) is 3.28. The van der Waals surface area contributed by atoms with Gasteiger partial charge < -0.3 is 5.32 Å². The van der Waals surface area contributed by atoms with Crippen LogP contribution < -0.4 is 5.32 Å². The minimum atomic E-state index is 0.307. The van der Waals surface area contributed by atoms with E-state index in [1.54, 1.807) is 0 Å². The molecule has 0 aromatic rings. The van der Waals surface area contributed by atoms with Gasteiger partial charge in [0.1, 0.15) is 0 Å². The Morgan fingerprint density at radius 3 is 2.60 bits per heavy atom. The smallest absolute Gasteiger partial charge is 0.0684 e. The van der Waals surface area contributed by atoms with Gasteiger partial charge in [-0.25, -0.2) is 0 Å². The monoisotopic (exact) mass is 138 g/mol. The molecule has 1 rings (SSSR count). The van der Waals surface area contributed by atoms with Crippen LogP contribution in [0, 0.1) is 12.3 Å². The minimum absolute atomic E-state index is 0.307. The van der Waals surface area contributed by atoms with Crippen molar-refractivity contribution >= 4 is 0 Å². The Bertz CT molecular complexity index is 131. The van der Waals surface area contributed by atoms with Crippen LogP contribution in [0.2, 0.25) is 0 Å². The predicted octanol–water partition coefficient (Wildman–Crippen LogP) is -0.0867. The zero-order valence-corrected chi connectivity index (χ0v) is 6.43. The first kappa shape index (κ1) is 7.59. The van der Waals surface area contributed by atoms with E-state index in [1.807, 2.05) is 0 Å². The Morgan fingerprint density at radius 1 is 1.50 bits per heavy atom. The topological polar surface area (TPSA) is 15.3 Å². The summed E-state index contributed by atoms with van der Waals surface area (Å²) in [4.78, 5) is 2.32. The van der Waals surface area contributed by atoms with Crippen molar-refractivity contribution in [1.29, 1.82) is 0 Å². The first-order valence-electron chi connectivity index (χ1n) is 3.75. The standard InChI is InChI=1S/C8H14N2/c1-3-8(2)10-6-4-9-5-7-10/h1,8-9H,4-7H2,2H3. The summed E-state index contributed by atoms with van der Waals surface area (Å²) < 4.78 is 0. The number of rotatable bonds is 1. The number of terminal acetylenes is 1. The summed E-state index contributed by atoms with van der Waals surface area (Å²) in [6.07, 6.45) is 5.29. The molecule has 10 heavy (non-hydrogen) atoms. The molecular weight excluding hydrogens is 124 g/mol. The molecule has 1 atom stereocenters. The van der Waals surface area contributed by atoms with Crippen molar-refractivity contribution in [2.24, 2.45) is 0 Å². The van der Waals surface area contributed by atoms with E-state index in [-0.39, 0.29) is 0 Å². The van der Waals surface area contributed by atoms with E-state index in [0.29, 0.717) is 6.04 Å². The lowest BCUT2D eigenvalue weighted by molar-refractivity contribution is 0.218. The molecule has 1 aliphatic rings. The average molecular weight is 138 g/mol. The van der Waals surface area contributed by atoms with Crippen LogP contribution in [0.4, 0.5) is 0 Å².